The molecular weight excluding hydrogens is 308 g/mol. The van der Waals surface area contributed by atoms with E-state index in [0.717, 1.165) is 31.1 Å². The molecule has 0 aromatic carbocycles. The molecule has 2 rings (SSSR count). The third kappa shape index (κ3) is 4.41. The average Bonchev–Trinajstić information content (AvgIpc) is 2.90. The van der Waals surface area contributed by atoms with Crippen molar-refractivity contribution in [2.24, 2.45) is 0 Å². The van der Waals surface area contributed by atoms with Crippen molar-refractivity contribution in [2.75, 3.05) is 41.8 Å². The summed E-state index contributed by atoms with van der Waals surface area (Å²) in [6.45, 7) is 4.21. The zero-order chi connectivity index (χ0) is 15.2. The maximum atomic E-state index is 12.1. The number of anilines is 2. The van der Waals surface area contributed by atoms with Gasteiger partial charge in [-0.1, -0.05) is 18.3 Å². The van der Waals surface area contributed by atoms with Gasteiger partial charge >= 0.3 is 0 Å². The largest absolute Gasteiger partial charge is 0.382 e. The molecule has 6 nitrogen and oxygen atoms in total. The predicted molar refractivity (Wildman–Crippen MR) is 88.5 cm³/mol. The number of nitrogens with zero attached hydrogens (tertiary/aromatic N) is 2. The summed E-state index contributed by atoms with van der Waals surface area (Å²) in [5, 5.41) is 3.59. The molecule has 0 bridgehead atoms. The molecule has 3 N–H and O–H groups in total. The van der Waals surface area contributed by atoms with Crippen molar-refractivity contribution in [2.45, 2.75) is 26.2 Å². The Morgan fingerprint density at radius 1 is 1.43 bits per heavy atom. The molecule has 0 radical (unpaired) electrons. The summed E-state index contributed by atoms with van der Waals surface area (Å²) in [7, 11) is -0.870. The summed E-state index contributed by atoms with van der Waals surface area (Å²) in [5.41, 5.74) is 5.86. The summed E-state index contributed by atoms with van der Waals surface area (Å²) in [5.74, 6) is 1.15. The molecule has 1 aromatic heterocycles. The van der Waals surface area contributed by atoms with Gasteiger partial charge in [-0.2, -0.15) is 0 Å². The molecule has 1 fully saturated rings. The van der Waals surface area contributed by atoms with Crippen LogP contribution in [0, 0.1) is 0 Å². The number of thiazole rings is 1. The minimum absolute atomic E-state index is 0.221. The number of nitrogen functional groups attached to an aromatic ring is 1. The fraction of sp³-hybridized carbons (Fsp3) is 0.692. The fourth-order valence-corrected chi connectivity index (χ4v) is 3.78. The van der Waals surface area contributed by atoms with E-state index in [1.54, 1.807) is 0 Å². The van der Waals surface area contributed by atoms with Crippen molar-refractivity contribution in [1.82, 2.24) is 10.3 Å². The summed E-state index contributed by atoms with van der Waals surface area (Å²) in [4.78, 5) is 19.1. The summed E-state index contributed by atoms with van der Waals surface area (Å²) < 4.78 is 11.3. The van der Waals surface area contributed by atoms with Crippen LogP contribution < -0.4 is 16.0 Å². The van der Waals surface area contributed by atoms with Crippen LogP contribution in [0.5, 0.6) is 0 Å². The van der Waals surface area contributed by atoms with E-state index in [1.807, 2.05) is 6.92 Å². The molecule has 1 amide bonds. The van der Waals surface area contributed by atoms with Crippen molar-refractivity contribution in [3.05, 3.63) is 4.88 Å². The Hall–Kier alpha value is -1.15. The molecule has 1 aliphatic heterocycles. The number of rotatable bonds is 6. The first kappa shape index (κ1) is 16.2. The van der Waals surface area contributed by atoms with E-state index >= 15 is 0 Å². The monoisotopic (exact) mass is 330 g/mol. The highest BCUT2D eigenvalue weighted by Gasteiger charge is 2.20. The third-order valence-electron chi connectivity index (χ3n) is 3.41. The maximum Gasteiger partial charge on any atom is 0.265 e. The van der Waals surface area contributed by atoms with E-state index in [0.29, 0.717) is 22.9 Å². The number of nitrogens with one attached hydrogen (secondary N) is 1. The Balaban J connectivity index is 1.94. The number of amides is 1. The van der Waals surface area contributed by atoms with Crippen LogP contribution in [0.15, 0.2) is 0 Å². The molecule has 118 valence electrons. The molecule has 1 atom stereocenters. The van der Waals surface area contributed by atoms with Crippen molar-refractivity contribution < 1.29 is 9.00 Å². The van der Waals surface area contributed by atoms with Gasteiger partial charge in [0.25, 0.3) is 5.91 Å². The summed E-state index contributed by atoms with van der Waals surface area (Å²) >= 11 is 1.34. The molecule has 8 heteroatoms. The van der Waals surface area contributed by atoms with E-state index in [-0.39, 0.29) is 11.7 Å². The number of aromatic nitrogens is 1. The number of piperidine rings is 1. The van der Waals surface area contributed by atoms with Gasteiger partial charge in [-0.15, -0.1) is 0 Å². The van der Waals surface area contributed by atoms with E-state index in [2.05, 4.69) is 15.2 Å². The van der Waals surface area contributed by atoms with Crippen molar-refractivity contribution in [3.63, 3.8) is 0 Å². The van der Waals surface area contributed by atoms with Crippen LogP contribution >= 0.6 is 11.3 Å². The SMILES string of the molecule is CCS(=O)CCNC(=O)c1sc(N2CCCCC2)nc1N. The Morgan fingerprint density at radius 3 is 2.81 bits per heavy atom. The minimum atomic E-state index is -0.870. The van der Waals surface area contributed by atoms with Gasteiger partial charge in [0, 0.05) is 41.9 Å². The summed E-state index contributed by atoms with van der Waals surface area (Å²) in [6.07, 6.45) is 3.56. The maximum absolute atomic E-state index is 12.1. The number of carbonyl (C=O) groups excluding carboxylic acids is 1. The van der Waals surface area contributed by atoms with Gasteiger partial charge in [-0.3, -0.25) is 9.00 Å². The number of hydrogen-bond donors (Lipinski definition) is 2. The molecule has 21 heavy (non-hydrogen) atoms. The molecule has 1 unspecified atom stereocenters. The van der Waals surface area contributed by atoms with Crippen molar-refractivity contribution in [3.8, 4) is 0 Å². The quantitative estimate of drug-likeness (QED) is 0.818. The van der Waals surface area contributed by atoms with Crippen molar-refractivity contribution >= 4 is 39.0 Å². The summed E-state index contributed by atoms with van der Waals surface area (Å²) in [6, 6.07) is 0. The number of carbonyl (C=O) groups is 1. The van der Waals surface area contributed by atoms with Gasteiger partial charge in [0.1, 0.15) is 10.7 Å². The molecular formula is C13H22N4O2S2. The van der Waals surface area contributed by atoms with Crippen LogP contribution in [0.2, 0.25) is 0 Å². The molecule has 1 aromatic rings. The predicted octanol–water partition coefficient (Wildman–Crippen LogP) is 1.21. The number of nitrogens with two attached hydrogens (primary N) is 1. The first-order valence-corrected chi connectivity index (χ1v) is 9.56. The lowest BCUT2D eigenvalue weighted by atomic mass is 10.1. The fourth-order valence-electron chi connectivity index (χ4n) is 2.21. The van der Waals surface area contributed by atoms with Gasteiger partial charge in [0.2, 0.25) is 0 Å². The number of hydrogen-bond acceptors (Lipinski definition) is 6. The Kier molecular flexibility index (Phi) is 5.98. The van der Waals surface area contributed by atoms with Crippen LogP contribution in [0.4, 0.5) is 10.9 Å². The lowest BCUT2D eigenvalue weighted by Crippen LogP contribution is -2.29. The smallest absolute Gasteiger partial charge is 0.265 e. The zero-order valence-electron chi connectivity index (χ0n) is 12.3. The Labute approximate surface area is 131 Å². The van der Waals surface area contributed by atoms with Gasteiger partial charge in [0.15, 0.2) is 5.13 Å². The molecule has 0 saturated carbocycles. The minimum Gasteiger partial charge on any atom is -0.382 e. The van der Waals surface area contributed by atoms with Gasteiger partial charge < -0.3 is 16.0 Å². The first-order chi connectivity index (χ1) is 10.1. The lowest BCUT2D eigenvalue weighted by Gasteiger charge is -2.25. The first-order valence-electron chi connectivity index (χ1n) is 7.26. The van der Waals surface area contributed by atoms with Crippen molar-refractivity contribution in [1.29, 1.82) is 0 Å². The van der Waals surface area contributed by atoms with E-state index < -0.39 is 10.8 Å². The second-order valence-corrected chi connectivity index (χ2v) is 7.79. The molecule has 2 heterocycles. The van der Waals surface area contributed by atoms with Crippen LogP contribution in [0.25, 0.3) is 0 Å². The molecule has 0 aliphatic carbocycles. The highest BCUT2D eigenvalue weighted by molar-refractivity contribution is 7.84. The van der Waals surface area contributed by atoms with E-state index in [4.69, 9.17) is 5.73 Å². The van der Waals surface area contributed by atoms with Crippen LogP contribution in [0.1, 0.15) is 35.9 Å². The molecule has 1 aliphatic rings. The normalized spacial score (nSPS) is 16.7. The average molecular weight is 330 g/mol. The topological polar surface area (TPSA) is 88.3 Å². The second kappa shape index (κ2) is 7.74. The lowest BCUT2D eigenvalue weighted by molar-refractivity contribution is 0.0961. The molecule has 1 saturated heterocycles. The third-order valence-corrected chi connectivity index (χ3v) is 5.85. The van der Waals surface area contributed by atoms with Crippen LogP contribution in [0.3, 0.4) is 0 Å². The van der Waals surface area contributed by atoms with Gasteiger partial charge in [0.05, 0.1) is 0 Å². The second-order valence-electron chi connectivity index (χ2n) is 4.95. The van der Waals surface area contributed by atoms with Crippen LogP contribution in [-0.2, 0) is 10.8 Å². The van der Waals surface area contributed by atoms with Gasteiger partial charge in [-0.25, -0.2) is 4.98 Å². The van der Waals surface area contributed by atoms with Crippen LogP contribution in [-0.4, -0.2) is 46.2 Å². The Bertz CT molecular complexity index is 512. The van der Waals surface area contributed by atoms with E-state index in [9.17, 15) is 9.00 Å². The molecule has 0 spiro atoms. The highest BCUT2D eigenvalue weighted by atomic mass is 32.2. The van der Waals surface area contributed by atoms with Gasteiger partial charge in [-0.05, 0) is 19.3 Å². The zero-order valence-corrected chi connectivity index (χ0v) is 13.9. The highest BCUT2D eigenvalue weighted by Crippen LogP contribution is 2.29. The van der Waals surface area contributed by atoms with E-state index in [1.165, 1.54) is 17.8 Å². The standard InChI is InChI=1S/C13H22N4O2S2/c1-2-21(19)9-6-15-12(18)10-11(14)16-13(20-10)17-7-4-3-5-8-17/h2-9,14H2,1H3,(H,15,18). The Morgan fingerprint density at radius 2 is 2.14 bits per heavy atom.